The molecule has 1 nitrogen and oxygen atoms in total. The number of hydrogen-bond donors (Lipinski definition) is 0. The third kappa shape index (κ3) is 3.97. The van der Waals surface area contributed by atoms with Gasteiger partial charge in [0.25, 0.3) is 0 Å². The molecule has 2 atom stereocenters. The predicted octanol–water partition coefficient (Wildman–Crippen LogP) is 4.62. The van der Waals surface area contributed by atoms with E-state index >= 15 is 0 Å². The van der Waals surface area contributed by atoms with Gasteiger partial charge in [-0.3, -0.25) is 4.79 Å². The first-order valence-corrected chi connectivity index (χ1v) is 7.01. The zero-order chi connectivity index (χ0) is 13.1. The molecule has 0 spiro atoms. The van der Waals surface area contributed by atoms with Crippen molar-refractivity contribution < 1.29 is 4.79 Å². The molecule has 0 aromatic heterocycles. The van der Waals surface area contributed by atoms with Crippen LogP contribution in [-0.2, 0) is 4.79 Å². The highest BCUT2D eigenvalue weighted by atomic mass is 16.1. The summed E-state index contributed by atoms with van der Waals surface area (Å²) >= 11 is 0. The zero-order valence-corrected chi connectivity index (χ0v) is 12.0. The summed E-state index contributed by atoms with van der Waals surface area (Å²) in [5.74, 6) is 1.99. The molecule has 17 heavy (non-hydrogen) atoms. The Kier molecular flexibility index (Phi) is 4.97. The third-order valence-corrected chi connectivity index (χ3v) is 4.31. The summed E-state index contributed by atoms with van der Waals surface area (Å²) in [6, 6.07) is 0. The molecule has 2 unspecified atom stereocenters. The Morgan fingerprint density at radius 3 is 2.65 bits per heavy atom. The first-order chi connectivity index (χ1) is 7.87. The highest BCUT2D eigenvalue weighted by molar-refractivity contribution is 5.81. The van der Waals surface area contributed by atoms with Gasteiger partial charge >= 0.3 is 0 Å². The standard InChI is InChI=1S/C16H28O/c1-6-7-8-15(17)14-11-16(4,5)10-9-13(14)12(2)3/h6,12-14H,1,7-11H2,2-5H3. The van der Waals surface area contributed by atoms with Gasteiger partial charge in [-0.25, -0.2) is 0 Å². The molecule has 0 bridgehead atoms. The van der Waals surface area contributed by atoms with Crippen molar-refractivity contribution >= 4 is 5.78 Å². The van der Waals surface area contributed by atoms with E-state index in [0.717, 1.165) is 12.8 Å². The fourth-order valence-corrected chi connectivity index (χ4v) is 3.19. The second kappa shape index (κ2) is 5.84. The SMILES string of the molecule is C=CCCC(=O)C1CC(C)(C)CCC1C(C)C. The van der Waals surface area contributed by atoms with E-state index in [0.29, 0.717) is 35.4 Å². The molecule has 0 saturated heterocycles. The van der Waals surface area contributed by atoms with Gasteiger partial charge in [0.2, 0.25) is 0 Å². The van der Waals surface area contributed by atoms with Gasteiger partial charge in [0, 0.05) is 12.3 Å². The lowest BCUT2D eigenvalue weighted by molar-refractivity contribution is -0.128. The fourth-order valence-electron chi connectivity index (χ4n) is 3.19. The van der Waals surface area contributed by atoms with Crippen LogP contribution in [-0.4, -0.2) is 5.78 Å². The van der Waals surface area contributed by atoms with E-state index in [1.807, 2.05) is 6.08 Å². The second-order valence-electron chi connectivity index (χ2n) is 6.72. The number of carbonyl (C=O) groups is 1. The van der Waals surface area contributed by atoms with Gasteiger partial charge in [0.1, 0.15) is 5.78 Å². The Balaban J connectivity index is 2.73. The van der Waals surface area contributed by atoms with Gasteiger partial charge in [-0.2, -0.15) is 0 Å². The van der Waals surface area contributed by atoms with Crippen molar-refractivity contribution in [1.29, 1.82) is 0 Å². The molecular formula is C16H28O. The summed E-state index contributed by atoms with van der Waals surface area (Å²) in [5.41, 5.74) is 0.347. The van der Waals surface area contributed by atoms with Crippen molar-refractivity contribution in [2.45, 2.75) is 59.8 Å². The number of allylic oxidation sites excluding steroid dienone is 1. The number of ketones is 1. The van der Waals surface area contributed by atoms with Gasteiger partial charge in [-0.1, -0.05) is 33.8 Å². The molecule has 1 aliphatic rings. The quantitative estimate of drug-likeness (QED) is 0.637. The maximum absolute atomic E-state index is 12.3. The van der Waals surface area contributed by atoms with Crippen LogP contribution in [0.3, 0.4) is 0 Å². The van der Waals surface area contributed by atoms with Crippen LogP contribution in [0, 0.1) is 23.2 Å². The first kappa shape index (κ1) is 14.5. The smallest absolute Gasteiger partial charge is 0.136 e. The van der Waals surface area contributed by atoms with Crippen molar-refractivity contribution in [3.8, 4) is 0 Å². The summed E-state index contributed by atoms with van der Waals surface area (Å²) in [4.78, 5) is 12.3. The summed E-state index contributed by atoms with van der Waals surface area (Å²) in [6.07, 6.45) is 6.94. The normalized spacial score (nSPS) is 28.1. The summed E-state index contributed by atoms with van der Waals surface area (Å²) in [7, 11) is 0. The maximum atomic E-state index is 12.3. The molecule has 0 aliphatic heterocycles. The van der Waals surface area contributed by atoms with Gasteiger partial charge in [-0.05, 0) is 42.9 Å². The van der Waals surface area contributed by atoms with E-state index in [1.54, 1.807) is 0 Å². The molecule has 0 aromatic rings. The van der Waals surface area contributed by atoms with Crippen LogP contribution in [0.2, 0.25) is 0 Å². The average molecular weight is 236 g/mol. The summed E-state index contributed by atoms with van der Waals surface area (Å²) in [5, 5.41) is 0. The lowest BCUT2D eigenvalue weighted by Gasteiger charge is -2.42. The van der Waals surface area contributed by atoms with E-state index in [-0.39, 0.29) is 0 Å². The zero-order valence-electron chi connectivity index (χ0n) is 12.0. The number of rotatable bonds is 5. The monoisotopic (exact) mass is 236 g/mol. The molecular weight excluding hydrogens is 208 g/mol. The van der Waals surface area contributed by atoms with Crippen LogP contribution in [0.5, 0.6) is 0 Å². The van der Waals surface area contributed by atoms with E-state index in [2.05, 4.69) is 34.3 Å². The molecule has 0 N–H and O–H groups in total. The number of Topliss-reactive ketones (excluding diaryl/α,β-unsaturated/α-hetero) is 1. The van der Waals surface area contributed by atoms with Crippen molar-refractivity contribution in [3.63, 3.8) is 0 Å². The van der Waals surface area contributed by atoms with E-state index < -0.39 is 0 Å². The number of hydrogen-bond acceptors (Lipinski definition) is 1. The molecule has 1 fully saturated rings. The molecule has 1 aliphatic carbocycles. The average Bonchev–Trinajstić information content (AvgIpc) is 2.24. The Hall–Kier alpha value is -0.590. The van der Waals surface area contributed by atoms with Crippen molar-refractivity contribution in [1.82, 2.24) is 0 Å². The summed E-state index contributed by atoms with van der Waals surface area (Å²) in [6.45, 7) is 12.8. The molecule has 1 saturated carbocycles. The maximum Gasteiger partial charge on any atom is 0.136 e. The van der Waals surface area contributed by atoms with Crippen LogP contribution in [0.15, 0.2) is 12.7 Å². The molecule has 98 valence electrons. The van der Waals surface area contributed by atoms with Crippen LogP contribution in [0.4, 0.5) is 0 Å². The first-order valence-electron chi connectivity index (χ1n) is 7.01. The predicted molar refractivity (Wildman–Crippen MR) is 73.9 cm³/mol. The van der Waals surface area contributed by atoms with E-state index in [4.69, 9.17) is 0 Å². The van der Waals surface area contributed by atoms with Crippen molar-refractivity contribution in [2.24, 2.45) is 23.2 Å². The van der Waals surface area contributed by atoms with Crippen LogP contribution in [0.25, 0.3) is 0 Å². The van der Waals surface area contributed by atoms with Crippen molar-refractivity contribution in [3.05, 3.63) is 12.7 Å². The minimum absolute atomic E-state index is 0.290. The van der Waals surface area contributed by atoms with Crippen molar-refractivity contribution in [2.75, 3.05) is 0 Å². The van der Waals surface area contributed by atoms with Gasteiger partial charge in [0.05, 0.1) is 0 Å². The van der Waals surface area contributed by atoms with Crippen LogP contribution >= 0.6 is 0 Å². The topological polar surface area (TPSA) is 17.1 Å². The van der Waals surface area contributed by atoms with Gasteiger partial charge < -0.3 is 0 Å². The van der Waals surface area contributed by atoms with Gasteiger partial charge in [-0.15, -0.1) is 6.58 Å². The third-order valence-electron chi connectivity index (χ3n) is 4.31. The molecule has 0 aromatic carbocycles. The summed E-state index contributed by atoms with van der Waals surface area (Å²) < 4.78 is 0. The highest BCUT2D eigenvalue weighted by Crippen LogP contribution is 2.45. The van der Waals surface area contributed by atoms with E-state index in [9.17, 15) is 4.79 Å². The second-order valence-corrected chi connectivity index (χ2v) is 6.72. The largest absolute Gasteiger partial charge is 0.299 e. The lowest BCUT2D eigenvalue weighted by atomic mass is 9.62. The molecule has 0 radical (unpaired) electrons. The van der Waals surface area contributed by atoms with Gasteiger partial charge in [0.15, 0.2) is 0 Å². The Bertz CT molecular complexity index is 275. The minimum atomic E-state index is 0.290. The number of carbonyl (C=O) groups excluding carboxylic acids is 1. The lowest BCUT2D eigenvalue weighted by Crippen LogP contribution is -2.37. The molecule has 0 heterocycles. The Morgan fingerprint density at radius 2 is 2.12 bits per heavy atom. The van der Waals surface area contributed by atoms with E-state index in [1.165, 1.54) is 12.8 Å². The van der Waals surface area contributed by atoms with Crippen LogP contribution in [0.1, 0.15) is 59.8 Å². The minimum Gasteiger partial charge on any atom is -0.299 e. The fraction of sp³-hybridized carbons (Fsp3) is 0.812. The van der Waals surface area contributed by atoms with Crippen LogP contribution < -0.4 is 0 Å². The Morgan fingerprint density at radius 1 is 1.47 bits per heavy atom. The Labute approximate surface area is 107 Å². The molecule has 0 amide bonds. The molecule has 1 rings (SSSR count). The molecule has 1 heteroatoms. The highest BCUT2D eigenvalue weighted by Gasteiger charge is 2.39.